The van der Waals surface area contributed by atoms with Crippen molar-refractivity contribution in [3.05, 3.63) is 11.6 Å². The summed E-state index contributed by atoms with van der Waals surface area (Å²) < 4.78 is 0. The van der Waals surface area contributed by atoms with Gasteiger partial charge in [0.05, 0.1) is 0 Å². The highest BCUT2D eigenvalue weighted by Gasteiger charge is 2.24. The Morgan fingerprint density at radius 1 is 1.29 bits per heavy atom. The number of allylic oxidation sites excluding steroid dienone is 1. The van der Waals surface area contributed by atoms with Gasteiger partial charge in [-0.1, -0.05) is 47.1 Å². The van der Waals surface area contributed by atoms with Crippen molar-refractivity contribution in [3.8, 4) is 12.5 Å². The van der Waals surface area contributed by atoms with E-state index in [4.69, 9.17) is 6.42 Å². The largest absolute Gasteiger partial charge is 0.382 e. The van der Waals surface area contributed by atoms with E-state index in [0.717, 1.165) is 6.42 Å². The summed E-state index contributed by atoms with van der Waals surface area (Å²) in [5, 5.41) is 0. The van der Waals surface area contributed by atoms with Crippen molar-refractivity contribution in [2.45, 2.75) is 48.0 Å². The molecule has 0 aromatic carbocycles. The van der Waals surface area contributed by atoms with Gasteiger partial charge in [-0.15, -0.1) is 0 Å². The molecular formula is C14H22O3. The quantitative estimate of drug-likeness (QED) is 0.325. The van der Waals surface area contributed by atoms with Gasteiger partial charge in [0.1, 0.15) is 0 Å². The van der Waals surface area contributed by atoms with Gasteiger partial charge in [-0.2, -0.15) is 0 Å². The van der Waals surface area contributed by atoms with Crippen LogP contribution in [0.3, 0.4) is 0 Å². The average molecular weight is 238 g/mol. The smallest absolute Gasteiger partial charge is 0.242 e. The number of carbonyl (C=O) groups is 1. The first-order valence-electron chi connectivity index (χ1n) is 5.60. The predicted molar refractivity (Wildman–Crippen MR) is 67.6 cm³/mol. The van der Waals surface area contributed by atoms with E-state index in [1.165, 1.54) is 0 Å². The van der Waals surface area contributed by atoms with Crippen molar-refractivity contribution in [1.29, 1.82) is 0 Å². The monoisotopic (exact) mass is 238 g/mol. The molecule has 0 aromatic heterocycles. The SMILES string of the molecule is C#COOC(=O)/C(C)=C\C(C)(C)CC(C)(C)C. The summed E-state index contributed by atoms with van der Waals surface area (Å²) >= 11 is 0. The molecule has 17 heavy (non-hydrogen) atoms. The first-order chi connectivity index (χ1) is 7.57. The molecular weight excluding hydrogens is 216 g/mol. The van der Waals surface area contributed by atoms with Crippen molar-refractivity contribution in [1.82, 2.24) is 0 Å². The van der Waals surface area contributed by atoms with Gasteiger partial charge in [0, 0.05) is 5.57 Å². The summed E-state index contributed by atoms with van der Waals surface area (Å²) in [5.41, 5.74) is 0.603. The molecule has 0 bridgehead atoms. The molecule has 0 heterocycles. The molecule has 0 amide bonds. The van der Waals surface area contributed by atoms with Crippen LogP contribution in [0.15, 0.2) is 11.6 Å². The fourth-order valence-electron chi connectivity index (χ4n) is 2.19. The number of rotatable bonds is 4. The zero-order valence-electron chi connectivity index (χ0n) is 11.6. The Bertz CT molecular complexity index is 337. The van der Waals surface area contributed by atoms with Crippen LogP contribution in [-0.2, 0) is 14.6 Å². The van der Waals surface area contributed by atoms with Crippen LogP contribution in [0.4, 0.5) is 0 Å². The van der Waals surface area contributed by atoms with E-state index in [9.17, 15) is 4.79 Å². The zero-order chi connectivity index (χ0) is 13.7. The summed E-state index contributed by atoms with van der Waals surface area (Å²) in [6, 6.07) is 0. The van der Waals surface area contributed by atoms with E-state index >= 15 is 0 Å². The standard InChI is InChI=1S/C14H22O3/c1-8-16-17-12(15)11(2)9-14(6,7)10-13(3,4)5/h1,9H,10H2,2-7H3/b11-9-. The normalized spacial score (nSPS) is 12.9. The van der Waals surface area contributed by atoms with E-state index in [-0.39, 0.29) is 10.8 Å². The lowest BCUT2D eigenvalue weighted by Crippen LogP contribution is -2.20. The lowest BCUT2D eigenvalue weighted by atomic mass is 9.75. The molecule has 0 aliphatic carbocycles. The molecule has 3 heteroatoms. The van der Waals surface area contributed by atoms with Crippen molar-refractivity contribution in [2.24, 2.45) is 10.8 Å². The minimum Gasteiger partial charge on any atom is -0.242 e. The van der Waals surface area contributed by atoms with Gasteiger partial charge in [-0.3, -0.25) is 0 Å². The third-order valence-corrected chi connectivity index (χ3v) is 2.08. The van der Waals surface area contributed by atoms with E-state index in [1.54, 1.807) is 13.0 Å². The van der Waals surface area contributed by atoms with Crippen LogP contribution in [0, 0.1) is 23.4 Å². The van der Waals surface area contributed by atoms with Crippen molar-refractivity contribution in [2.75, 3.05) is 0 Å². The molecule has 0 spiro atoms. The van der Waals surface area contributed by atoms with Crippen molar-refractivity contribution < 1.29 is 14.6 Å². The molecule has 3 nitrogen and oxygen atoms in total. The van der Waals surface area contributed by atoms with E-state index < -0.39 is 5.97 Å². The lowest BCUT2D eigenvalue weighted by molar-refractivity contribution is -0.225. The Hall–Kier alpha value is -1.43. The van der Waals surface area contributed by atoms with Crippen LogP contribution < -0.4 is 0 Å². The molecule has 0 atom stereocenters. The van der Waals surface area contributed by atoms with Gasteiger partial charge >= 0.3 is 5.97 Å². The van der Waals surface area contributed by atoms with Gasteiger partial charge in [0.25, 0.3) is 0 Å². The third-order valence-electron chi connectivity index (χ3n) is 2.08. The van der Waals surface area contributed by atoms with Gasteiger partial charge in [-0.25, -0.2) is 14.6 Å². The Morgan fingerprint density at radius 3 is 2.24 bits per heavy atom. The van der Waals surface area contributed by atoms with Crippen molar-refractivity contribution in [3.63, 3.8) is 0 Å². The lowest BCUT2D eigenvalue weighted by Gasteiger charge is -2.30. The number of hydrogen-bond donors (Lipinski definition) is 0. The molecule has 0 aromatic rings. The van der Waals surface area contributed by atoms with Crippen LogP contribution in [0.5, 0.6) is 0 Å². The summed E-state index contributed by atoms with van der Waals surface area (Å²) in [6.45, 7) is 12.3. The second kappa shape index (κ2) is 5.77. The Labute approximate surface area is 104 Å². The molecule has 0 N–H and O–H groups in total. The highest BCUT2D eigenvalue weighted by atomic mass is 17.2. The second-order valence-corrected chi connectivity index (χ2v) is 6.13. The maximum atomic E-state index is 11.4. The molecule has 0 aliphatic heterocycles. The maximum Gasteiger partial charge on any atom is 0.382 e. The van der Waals surface area contributed by atoms with Crippen LogP contribution in [0.25, 0.3) is 0 Å². The minimum absolute atomic E-state index is 0.0858. The summed E-state index contributed by atoms with van der Waals surface area (Å²) in [6.07, 6.45) is 9.45. The van der Waals surface area contributed by atoms with Crippen molar-refractivity contribution >= 4 is 5.97 Å². The molecule has 0 unspecified atom stereocenters. The second-order valence-electron chi connectivity index (χ2n) is 6.13. The molecule has 0 saturated carbocycles. The molecule has 0 radical (unpaired) electrons. The summed E-state index contributed by atoms with van der Waals surface area (Å²) in [5.74, 6) is -0.551. The first-order valence-corrected chi connectivity index (χ1v) is 5.60. The van der Waals surface area contributed by atoms with Gasteiger partial charge in [0.2, 0.25) is 0 Å². The number of terminal acetylenes is 1. The minimum atomic E-state index is -0.551. The predicted octanol–water partition coefficient (Wildman–Crippen LogP) is 3.46. The average Bonchev–Trinajstić information content (AvgIpc) is 2.08. The van der Waals surface area contributed by atoms with E-state index in [1.807, 2.05) is 6.08 Å². The Morgan fingerprint density at radius 2 is 1.82 bits per heavy atom. The van der Waals surface area contributed by atoms with Gasteiger partial charge in [0.15, 0.2) is 6.11 Å². The highest BCUT2D eigenvalue weighted by molar-refractivity contribution is 5.87. The Balaban J connectivity index is 4.66. The van der Waals surface area contributed by atoms with Crippen LogP contribution in [0.1, 0.15) is 48.0 Å². The van der Waals surface area contributed by atoms with Gasteiger partial charge < -0.3 is 0 Å². The summed E-state index contributed by atoms with van der Waals surface area (Å²) in [4.78, 5) is 20.0. The molecule has 0 fully saturated rings. The number of hydrogen-bond acceptors (Lipinski definition) is 3. The molecule has 0 aliphatic rings. The maximum absolute atomic E-state index is 11.4. The zero-order valence-corrected chi connectivity index (χ0v) is 11.6. The fraction of sp³-hybridized carbons (Fsp3) is 0.643. The summed E-state index contributed by atoms with van der Waals surface area (Å²) in [7, 11) is 0. The van der Waals surface area contributed by atoms with E-state index in [2.05, 4.69) is 44.4 Å². The highest BCUT2D eigenvalue weighted by Crippen LogP contribution is 2.34. The van der Waals surface area contributed by atoms with Crippen LogP contribution >= 0.6 is 0 Å². The van der Waals surface area contributed by atoms with E-state index in [0.29, 0.717) is 5.57 Å². The van der Waals surface area contributed by atoms with Crippen LogP contribution in [0.2, 0.25) is 0 Å². The molecule has 0 rings (SSSR count). The fourth-order valence-corrected chi connectivity index (χ4v) is 2.19. The molecule has 0 saturated heterocycles. The van der Waals surface area contributed by atoms with Gasteiger partial charge in [-0.05, 0) is 24.2 Å². The number of carbonyl (C=O) groups excluding carboxylic acids is 1. The van der Waals surface area contributed by atoms with Crippen LogP contribution in [-0.4, -0.2) is 5.97 Å². The topological polar surface area (TPSA) is 35.5 Å². The third kappa shape index (κ3) is 7.46. The Kier molecular flexibility index (Phi) is 5.28. The first kappa shape index (κ1) is 15.6. The molecule has 96 valence electrons.